The predicted molar refractivity (Wildman–Crippen MR) is 30.6 cm³/mol. The monoisotopic (exact) mass is 238 g/mol. The Balaban J connectivity index is 3.47. The molecule has 0 saturated heterocycles. The number of hydrogen-bond acceptors (Lipinski definition) is 4. The Morgan fingerprint density at radius 1 is 1.11 bits per heavy atom. The van der Waals surface area contributed by atoms with Gasteiger partial charge in [-0.05, 0) is 0 Å². The van der Waals surface area contributed by atoms with E-state index in [1.54, 1.807) is 0 Å². The summed E-state index contributed by atoms with van der Waals surface area (Å²) in [4.78, 5) is 20.7. The molecule has 0 spiro atoms. The second-order valence-electron chi connectivity index (χ2n) is 1.11. The van der Waals surface area contributed by atoms with Crippen LogP contribution in [-0.4, -0.2) is 43.3 Å². The van der Waals surface area contributed by atoms with Crippen LogP contribution in [0.25, 0.3) is 0 Å². The maximum absolute atomic E-state index is 10.3. The summed E-state index contributed by atoms with van der Waals surface area (Å²) in [6.07, 6.45) is 0. The first-order chi connectivity index (χ1) is 4.20. The van der Waals surface area contributed by atoms with Crippen molar-refractivity contribution in [2.24, 2.45) is 0 Å². The molecule has 2 radical (unpaired) electrons. The first kappa shape index (κ1) is 8.74. The molecule has 0 bridgehead atoms. The third-order valence-corrected chi connectivity index (χ3v) is 2.91. The van der Waals surface area contributed by atoms with Gasteiger partial charge in [-0.25, -0.2) is 0 Å². The van der Waals surface area contributed by atoms with Crippen LogP contribution < -0.4 is 0 Å². The van der Waals surface area contributed by atoms with Crippen molar-refractivity contribution in [3.05, 3.63) is 0 Å². The normalized spacial score (nSPS) is 8.22. The Hall–Kier alpha value is -0.261. The molecule has 0 aromatic rings. The topological polar surface area (TPSA) is 52.6 Å². The van der Waals surface area contributed by atoms with Gasteiger partial charge in [-0.2, -0.15) is 0 Å². The van der Waals surface area contributed by atoms with Crippen LogP contribution in [0.4, 0.5) is 9.59 Å². The molecule has 5 heteroatoms. The van der Waals surface area contributed by atoms with Crippen molar-refractivity contribution in [1.29, 1.82) is 0 Å². The van der Waals surface area contributed by atoms with Crippen molar-refractivity contribution in [1.82, 2.24) is 0 Å². The van der Waals surface area contributed by atoms with Crippen molar-refractivity contribution >= 4 is 29.1 Å². The first-order valence-electron chi connectivity index (χ1n) is 2.13. The van der Waals surface area contributed by atoms with E-state index in [1.165, 1.54) is 14.2 Å². The molecule has 0 atom stereocenters. The van der Waals surface area contributed by atoms with E-state index in [2.05, 4.69) is 9.47 Å². The van der Waals surface area contributed by atoms with Crippen LogP contribution in [0.2, 0.25) is 0 Å². The van der Waals surface area contributed by atoms with Crippen LogP contribution in [0.3, 0.4) is 0 Å². The van der Waals surface area contributed by atoms with Gasteiger partial charge in [0.05, 0.1) is 0 Å². The number of ether oxygens (including phenoxy) is 2. The van der Waals surface area contributed by atoms with Crippen molar-refractivity contribution in [2.45, 2.75) is 0 Å². The molecule has 4 nitrogen and oxygen atoms in total. The molecular formula is C4H6O4Sn. The third kappa shape index (κ3) is 4.26. The average Bonchev–Trinajstić information content (AvgIpc) is 1.87. The van der Waals surface area contributed by atoms with E-state index in [0.717, 1.165) is 0 Å². The Bertz CT molecular complexity index is 108. The predicted octanol–water partition coefficient (Wildman–Crippen LogP) is 0.223. The first-order valence-corrected chi connectivity index (χ1v) is 4.99. The second kappa shape index (κ2) is 4.60. The van der Waals surface area contributed by atoms with Gasteiger partial charge in [-0.3, -0.25) is 0 Å². The van der Waals surface area contributed by atoms with Gasteiger partial charge in [-0.15, -0.1) is 0 Å². The van der Waals surface area contributed by atoms with Crippen LogP contribution in [0.5, 0.6) is 0 Å². The van der Waals surface area contributed by atoms with Gasteiger partial charge in [0.25, 0.3) is 0 Å². The fraction of sp³-hybridized carbons (Fsp3) is 0.500. The summed E-state index contributed by atoms with van der Waals surface area (Å²) in [5.41, 5.74) is 0. The summed E-state index contributed by atoms with van der Waals surface area (Å²) < 4.78 is 7.69. The molecule has 0 aliphatic rings. The Morgan fingerprint density at radius 3 is 1.67 bits per heavy atom. The van der Waals surface area contributed by atoms with Gasteiger partial charge in [0, 0.05) is 0 Å². The van der Waals surface area contributed by atoms with E-state index in [0.29, 0.717) is 0 Å². The quantitative estimate of drug-likeness (QED) is 0.644. The van der Waals surface area contributed by atoms with E-state index < -0.39 is 29.1 Å². The van der Waals surface area contributed by atoms with Crippen molar-refractivity contribution < 1.29 is 19.1 Å². The Labute approximate surface area is 62.7 Å². The number of rotatable bonds is 2. The third-order valence-electron chi connectivity index (χ3n) is 0.575. The standard InChI is InChI=1S/2C2H3O2.Sn/c2*1-4-2-3;/h2*1H3;. The molecule has 0 N–H and O–H groups in total. The van der Waals surface area contributed by atoms with E-state index in [9.17, 15) is 9.59 Å². The molecule has 0 heterocycles. The zero-order valence-corrected chi connectivity index (χ0v) is 7.99. The number of carbonyl (C=O) groups is 2. The van der Waals surface area contributed by atoms with Crippen LogP contribution in [0.1, 0.15) is 0 Å². The van der Waals surface area contributed by atoms with Crippen molar-refractivity contribution in [3.8, 4) is 0 Å². The molecule has 0 aliphatic carbocycles. The number of hydrogen-bond donors (Lipinski definition) is 0. The zero-order valence-electron chi connectivity index (χ0n) is 5.13. The van der Waals surface area contributed by atoms with Gasteiger partial charge < -0.3 is 0 Å². The summed E-state index contributed by atoms with van der Waals surface area (Å²) in [6, 6.07) is 0. The molecule has 0 amide bonds. The van der Waals surface area contributed by atoms with Crippen LogP contribution >= 0.6 is 0 Å². The zero-order chi connectivity index (χ0) is 7.28. The summed E-state index contributed by atoms with van der Waals surface area (Å²) in [6.45, 7) is 0. The van der Waals surface area contributed by atoms with Crippen LogP contribution in [-0.2, 0) is 9.47 Å². The number of carbonyl (C=O) groups excluding carboxylic acids is 2. The van der Waals surface area contributed by atoms with Crippen molar-refractivity contribution in [2.75, 3.05) is 14.2 Å². The van der Waals surface area contributed by atoms with E-state index in [1.807, 2.05) is 0 Å². The van der Waals surface area contributed by atoms with E-state index in [-0.39, 0.29) is 0 Å². The Kier molecular flexibility index (Phi) is 4.47. The molecular weight excluding hydrogens is 231 g/mol. The Morgan fingerprint density at radius 2 is 1.44 bits per heavy atom. The molecule has 0 aromatic carbocycles. The van der Waals surface area contributed by atoms with E-state index >= 15 is 0 Å². The van der Waals surface area contributed by atoms with Gasteiger partial charge in [0.15, 0.2) is 0 Å². The summed E-state index contributed by atoms with van der Waals surface area (Å²) >= 11 is -1.72. The fourth-order valence-electron chi connectivity index (χ4n) is 0.185. The van der Waals surface area contributed by atoms with Crippen molar-refractivity contribution in [3.63, 3.8) is 0 Å². The molecule has 0 unspecified atom stereocenters. The SMILES string of the molecule is CO[C](=O)[Sn][C](=O)OC. The van der Waals surface area contributed by atoms with Gasteiger partial charge in [0.2, 0.25) is 0 Å². The van der Waals surface area contributed by atoms with Gasteiger partial charge in [-0.1, -0.05) is 0 Å². The van der Waals surface area contributed by atoms with Gasteiger partial charge >= 0.3 is 62.4 Å². The molecule has 0 fully saturated rings. The van der Waals surface area contributed by atoms with E-state index in [4.69, 9.17) is 0 Å². The molecule has 0 aromatic heterocycles. The summed E-state index contributed by atoms with van der Waals surface area (Å²) in [7, 11) is 2.51. The molecule has 0 saturated carbocycles. The molecule has 0 rings (SSSR count). The fourth-order valence-corrected chi connectivity index (χ4v) is 1.24. The second-order valence-corrected chi connectivity index (χ2v) is 4.15. The van der Waals surface area contributed by atoms with Crippen LogP contribution in [0, 0.1) is 0 Å². The average molecular weight is 237 g/mol. The van der Waals surface area contributed by atoms with Crippen LogP contribution in [0.15, 0.2) is 0 Å². The minimum absolute atomic E-state index is 0.412. The molecule has 9 heavy (non-hydrogen) atoms. The molecule has 0 aliphatic heterocycles. The maximum atomic E-state index is 10.3. The molecule has 50 valence electrons. The summed E-state index contributed by atoms with van der Waals surface area (Å²) in [5.74, 6) is 0. The summed E-state index contributed by atoms with van der Waals surface area (Å²) in [5, 5.41) is 0. The number of methoxy groups -OCH3 is 2. The van der Waals surface area contributed by atoms with Gasteiger partial charge in [0.1, 0.15) is 0 Å². The minimum atomic E-state index is -1.72.